The monoisotopic (exact) mass is 376 g/mol. The van der Waals surface area contributed by atoms with E-state index in [1.165, 1.54) is 58.5 Å². The Morgan fingerprint density at radius 2 is 1.93 bits per heavy atom. The summed E-state index contributed by atoms with van der Waals surface area (Å²) in [6.45, 7) is 4.92. The minimum Gasteiger partial charge on any atom is -0.469 e. The number of fused-ring (bicyclic) bond motifs is 5. The number of aliphatic hydroxyl groups excluding tert-OH is 1. The molecule has 154 valence electrons. The highest BCUT2D eigenvalue weighted by Crippen LogP contribution is 2.64. The van der Waals surface area contributed by atoms with Gasteiger partial charge in [-0.25, -0.2) is 0 Å². The van der Waals surface area contributed by atoms with Crippen molar-refractivity contribution in [1.29, 1.82) is 0 Å². The summed E-state index contributed by atoms with van der Waals surface area (Å²) in [5.74, 6) is 4.81. The third kappa shape index (κ3) is 3.36. The Labute approximate surface area is 165 Å². The molecule has 5 unspecified atom stereocenters. The molecule has 4 rings (SSSR count). The Hall–Kier alpha value is -0.570. The molecule has 0 saturated heterocycles. The number of esters is 1. The molecule has 1 N–H and O–H groups in total. The van der Waals surface area contributed by atoms with E-state index in [1.54, 1.807) is 0 Å². The van der Waals surface area contributed by atoms with Gasteiger partial charge in [0.15, 0.2) is 0 Å². The van der Waals surface area contributed by atoms with Gasteiger partial charge in [-0.15, -0.1) is 0 Å². The zero-order valence-electron chi connectivity index (χ0n) is 17.7. The molecule has 3 nitrogen and oxygen atoms in total. The van der Waals surface area contributed by atoms with Gasteiger partial charge in [-0.2, -0.15) is 0 Å². The Balaban J connectivity index is 1.47. The van der Waals surface area contributed by atoms with E-state index in [-0.39, 0.29) is 12.1 Å². The van der Waals surface area contributed by atoms with Gasteiger partial charge in [-0.3, -0.25) is 4.79 Å². The molecule has 4 saturated carbocycles. The van der Waals surface area contributed by atoms with Crippen LogP contribution in [0.1, 0.15) is 84.5 Å². The number of ether oxygens (including phenoxy) is 1. The maximum Gasteiger partial charge on any atom is 0.305 e. The van der Waals surface area contributed by atoms with Crippen molar-refractivity contribution in [3.05, 3.63) is 0 Å². The van der Waals surface area contributed by atoms with Crippen LogP contribution >= 0.6 is 0 Å². The molecule has 0 aliphatic heterocycles. The summed E-state index contributed by atoms with van der Waals surface area (Å²) in [6.07, 6.45) is 13.3. The molecule has 0 amide bonds. The van der Waals surface area contributed by atoms with Crippen LogP contribution in [0.2, 0.25) is 0 Å². The van der Waals surface area contributed by atoms with Crippen LogP contribution in [-0.2, 0) is 9.53 Å². The van der Waals surface area contributed by atoms with E-state index in [0.29, 0.717) is 23.7 Å². The SMILES string of the molecule is COC(=O)CC[C@@H](C)[C@H]1CC[C@@H]2C1CC[C@H]1C2C(O)CC2CCCCC21C. The van der Waals surface area contributed by atoms with Crippen LogP contribution in [0.25, 0.3) is 0 Å². The summed E-state index contributed by atoms with van der Waals surface area (Å²) in [7, 11) is 1.49. The summed E-state index contributed by atoms with van der Waals surface area (Å²) in [4.78, 5) is 11.6. The van der Waals surface area contributed by atoms with Crippen LogP contribution < -0.4 is 0 Å². The average Bonchev–Trinajstić information content (AvgIpc) is 3.10. The number of rotatable bonds is 4. The zero-order chi connectivity index (χ0) is 19.2. The maximum absolute atomic E-state index is 11.6. The van der Waals surface area contributed by atoms with Gasteiger partial charge in [0.25, 0.3) is 0 Å². The van der Waals surface area contributed by atoms with Crippen molar-refractivity contribution in [1.82, 2.24) is 0 Å². The Bertz CT molecular complexity index is 546. The smallest absolute Gasteiger partial charge is 0.305 e. The first kappa shape index (κ1) is 19.7. The van der Waals surface area contributed by atoms with Gasteiger partial charge in [0.2, 0.25) is 0 Å². The average molecular weight is 377 g/mol. The molecule has 3 heteroatoms. The molecule has 0 aromatic rings. The fourth-order valence-electron chi connectivity index (χ4n) is 8.34. The molecule has 4 aliphatic carbocycles. The van der Waals surface area contributed by atoms with Crippen LogP contribution in [-0.4, -0.2) is 24.3 Å². The van der Waals surface area contributed by atoms with E-state index in [4.69, 9.17) is 4.74 Å². The van der Waals surface area contributed by atoms with E-state index in [9.17, 15) is 9.90 Å². The van der Waals surface area contributed by atoms with Crippen LogP contribution in [0.15, 0.2) is 0 Å². The molecular weight excluding hydrogens is 336 g/mol. The highest BCUT2D eigenvalue weighted by atomic mass is 16.5. The Morgan fingerprint density at radius 3 is 2.70 bits per heavy atom. The quantitative estimate of drug-likeness (QED) is 0.686. The lowest BCUT2D eigenvalue weighted by Crippen LogP contribution is -2.55. The van der Waals surface area contributed by atoms with Crippen LogP contribution in [0.4, 0.5) is 0 Å². The van der Waals surface area contributed by atoms with Crippen molar-refractivity contribution in [2.24, 2.45) is 46.8 Å². The number of aliphatic hydroxyl groups is 1. The molecule has 4 aliphatic rings. The van der Waals surface area contributed by atoms with Gasteiger partial charge in [-0.1, -0.05) is 26.7 Å². The number of methoxy groups -OCH3 is 1. The number of carbonyl (C=O) groups is 1. The van der Waals surface area contributed by atoms with Crippen molar-refractivity contribution in [2.45, 2.75) is 90.6 Å². The summed E-state index contributed by atoms with van der Waals surface area (Å²) < 4.78 is 4.84. The first-order valence-electron chi connectivity index (χ1n) is 11.7. The van der Waals surface area contributed by atoms with E-state index in [2.05, 4.69) is 13.8 Å². The topological polar surface area (TPSA) is 46.5 Å². The molecule has 27 heavy (non-hydrogen) atoms. The minimum absolute atomic E-state index is 0.0666. The van der Waals surface area contributed by atoms with Gasteiger partial charge in [0.05, 0.1) is 13.2 Å². The number of carbonyl (C=O) groups excluding carboxylic acids is 1. The number of hydrogen-bond donors (Lipinski definition) is 1. The Morgan fingerprint density at radius 1 is 1.15 bits per heavy atom. The van der Waals surface area contributed by atoms with E-state index in [1.807, 2.05) is 0 Å². The molecule has 0 aromatic heterocycles. The molecule has 0 aromatic carbocycles. The molecular formula is C24H40O3. The normalized spacial score (nSPS) is 47.5. The Kier molecular flexibility index (Phi) is 5.62. The zero-order valence-corrected chi connectivity index (χ0v) is 17.7. The van der Waals surface area contributed by atoms with Gasteiger partial charge < -0.3 is 9.84 Å². The summed E-state index contributed by atoms with van der Waals surface area (Å²) in [5.41, 5.74) is 0.488. The predicted molar refractivity (Wildman–Crippen MR) is 107 cm³/mol. The van der Waals surface area contributed by atoms with E-state index < -0.39 is 0 Å². The highest BCUT2D eigenvalue weighted by Gasteiger charge is 2.58. The second-order valence-corrected chi connectivity index (χ2v) is 10.7. The molecule has 9 atom stereocenters. The molecule has 4 fully saturated rings. The maximum atomic E-state index is 11.6. The van der Waals surface area contributed by atoms with Gasteiger partial charge in [0.1, 0.15) is 0 Å². The van der Waals surface area contributed by atoms with Crippen molar-refractivity contribution >= 4 is 5.97 Å². The van der Waals surface area contributed by atoms with E-state index in [0.717, 1.165) is 42.4 Å². The minimum atomic E-state index is -0.0703. The van der Waals surface area contributed by atoms with Crippen molar-refractivity contribution < 1.29 is 14.6 Å². The van der Waals surface area contributed by atoms with Crippen molar-refractivity contribution in [3.63, 3.8) is 0 Å². The predicted octanol–water partition coefficient (Wildman–Crippen LogP) is 5.21. The summed E-state index contributed by atoms with van der Waals surface area (Å²) in [5, 5.41) is 11.2. The van der Waals surface area contributed by atoms with Crippen molar-refractivity contribution in [3.8, 4) is 0 Å². The van der Waals surface area contributed by atoms with Gasteiger partial charge >= 0.3 is 5.97 Å². The van der Waals surface area contributed by atoms with Gasteiger partial charge in [0, 0.05) is 6.42 Å². The van der Waals surface area contributed by atoms with Crippen LogP contribution in [0.5, 0.6) is 0 Å². The highest BCUT2D eigenvalue weighted by molar-refractivity contribution is 5.69. The first-order valence-corrected chi connectivity index (χ1v) is 11.7. The lowest BCUT2D eigenvalue weighted by Gasteiger charge is -2.60. The molecule has 0 radical (unpaired) electrons. The second-order valence-electron chi connectivity index (χ2n) is 10.7. The van der Waals surface area contributed by atoms with Gasteiger partial charge in [-0.05, 0) is 98.2 Å². The first-order chi connectivity index (χ1) is 13.0. The lowest BCUT2D eigenvalue weighted by atomic mass is 9.46. The molecule has 0 bridgehead atoms. The third-order valence-electron chi connectivity index (χ3n) is 9.73. The summed E-state index contributed by atoms with van der Waals surface area (Å²) >= 11 is 0. The lowest BCUT2D eigenvalue weighted by molar-refractivity contribution is -0.146. The van der Waals surface area contributed by atoms with Crippen LogP contribution in [0, 0.1) is 46.8 Å². The molecule has 0 heterocycles. The summed E-state index contributed by atoms with van der Waals surface area (Å²) in [6, 6.07) is 0. The van der Waals surface area contributed by atoms with Crippen molar-refractivity contribution in [2.75, 3.05) is 7.11 Å². The number of hydrogen-bond acceptors (Lipinski definition) is 3. The fourth-order valence-corrected chi connectivity index (χ4v) is 8.34. The van der Waals surface area contributed by atoms with E-state index >= 15 is 0 Å². The van der Waals surface area contributed by atoms with Crippen LogP contribution in [0.3, 0.4) is 0 Å². The third-order valence-corrected chi connectivity index (χ3v) is 9.73. The standard InChI is InChI=1S/C24H40O3/c1-15(7-12-22(26)27-3)17-8-9-19-18(17)10-11-20-23(19)21(25)14-16-6-4-5-13-24(16,20)2/h15-21,23,25H,4-14H2,1-3H3/t15-,16?,17-,18?,19-,20+,21?,23?,24?/m1/s1. The molecule has 0 spiro atoms. The largest absolute Gasteiger partial charge is 0.469 e. The second kappa shape index (κ2) is 7.69. The fraction of sp³-hybridized carbons (Fsp3) is 0.958.